The van der Waals surface area contributed by atoms with Gasteiger partial charge < -0.3 is 14.4 Å². The Bertz CT molecular complexity index is 955. The summed E-state index contributed by atoms with van der Waals surface area (Å²) in [7, 11) is 0. The fourth-order valence-electron chi connectivity index (χ4n) is 5.11. The molecule has 0 aromatic heterocycles. The minimum absolute atomic E-state index is 0.133. The second kappa shape index (κ2) is 9.51. The lowest BCUT2D eigenvalue weighted by Gasteiger charge is -2.39. The summed E-state index contributed by atoms with van der Waals surface area (Å²) in [5.74, 6) is 2.15. The molecule has 5 rings (SSSR count). The zero-order valence-corrected chi connectivity index (χ0v) is 19.0. The minimum Gasteiger partial charge on any atom is -0.454 e. The van der Waals surface area contributed by atoms with E-state index in [0.29, 0.717) is 12.7 Å². The number of nitrogens with zero attached hydrogens (tertiary/aromatic N) is 3. The van der Waals surface area contributed by atoms with Gasteiger partial charge in [0.05, 0.1) is 5.92 Å². The van der Waals surface area contributed by atoms with Gasteiger partial charge in [0.15, 0.2) is 11.5 Å². The predicted octanol–water partition coefficient (Wildman–Crippen LogP) is 3.28. The largest absolute Gasteiger partial charge is 0.454 e. The Morgan fingerprint density at radius 1 is 0.938 bits per heavy atom. The fraction of sp³-hybridized carbons (Fsp3) is 0.500. The van der Waals surface area contributed by atoms with Gasteiger partial charge in [-0.15, -0.1) is 0 Å². The monoisotopic (exact) mass is 435 g/mol. The quantitative estimate of drug-likeness (QED) is 0.721. The second-order valence-corrected chi connectivity index (χ2v) is 9.29. The third-order valence-corrected chi connectivity index (χ3v) is 7.04. The van der Waals surface area contributed by atoms with Gasteiger partial charge in [0.25, 0.3) is 0 Å². The summed E-state index contributed by atoms with van der Waals surface area (Å²) in [6, 6.07) is 14.8. The second-order valence-electron chi connectivity index (χ2n) is 9.29. The molecule has 0 spiro atoms. The van der Waals surface area contributed by atoms with Crippen LogP contribution < -0.4 is 9.47 Å². The van der Waals surface area contributed by atoms with Crippen LogP contribution in [0.15, 0.2) is 42.5 Å². The molecule has 3 heterocycles. The highest BCUT2D eigenvalue weighted by Gasteiger charge is 2.31. The summed E-state index contributed by atoms with van der Waals surface area (Å²) in [4.78, 5) is 20.2. The average Bonchev–Trinajstić information content (AvgIpc) is 3.29. The molecule has 6 nitrogen and oxygen atoms in total. The van der Waals surface area contributed by atoms with Crippen LogP contribution in [-0.2, 0) is 17.9 Å². The van der Waals surface area contributed by atoms with Crippen LogP contribution in [0, 0.1) is 12.8 Å². The van der Waals surface area contributed by atoms with E-state index in [2.05, 4.69) is 58.0 Å². The van der Waals surface area contributed by atoms with Crippen molar-refractivity contribution in [1.82, 2.24) is 14.7 Å². The summed E-state index contributed by atoms with van der Waals surface area (Å²) in [6.07, 6.45) is 2.12. The van der Waals surface area contributed by atoms with Crippen molar-refractivity contribution in [2.75, 3.05) is 46.1 Å². The van der Waals surface area contributed by atoms with E-state index in [1.807, 2.05) is 6.07 Å². The van der Waals surface area contributed by atoms with E-state index in [9.17, 15) is 4.79 Å². The molecule has 2 aromatic carbocycles. The molecular formula is C26H33N3O3. The first-order chi connectivity index (χ1) is 15.7. The first kappa shape index (κ1) is 21.3. The van der Waals surface area contributed by atoms with Crippen molar-refractivity contribution in [3.63, 3.8) is 0 Å². The summed E-state index contributed by atoms with van der Waals surface area (Å²) < 4.78 is 10.9. The van der Waals surface area contributed by atoms with Gasteiger partial charge in [0, 0.05) is 45.8 Å². The highest BCUT2D eigenvalue weighted by atomic mass is 16.7. The van der Waals surface area contributed by atoms with E-state index in [4.69, 9.17) is 9.47 Å². The Morgan fingerprint density at radius 2 is 1.75 bits per heavy atom. The van der Waals surface area contributed by atoms with Crippen LogP contribution >= 0.6 is 0 Å². The topological polar surface area (TPSA) is 45.3 Å². The predicted molar refractivity (Wildman–Crippen MR) is 124 cm³/mol. The molecule has 0 saturated carbocycles. The number of fused-ring (bicyclic) bond motifs is 1. The fourth-order valence-corrected chi connectivity index (χ4v) is 5.11. The van der Waals surface area contributed by atoms with E-state index >= 15 is 0 Å². The number of piperazine rings is 1. The third-order valence-electron chi connectivity index (χ3n) is 7.04. The smallest absolute Gasteiger partial charge is 0.231 e. The summed E-state index contributed by atoms with van der Waals surface area (Å²) in [6.45, 7) is 9.74. The molecule has 0 aliphatic carbocycles. The van der Waals surface area contributed by atoms with E-state index in [1.165, 1.54) is 16.7 Å². The normalized spacial score (nSPS) is 21.7. The van der Waals surface area contributed by atoms with Gasteiger partial charge in [-0.25, -0.2) is 0 Å². The molecule has 2 aromatic rings. The van der Waals surface area contributed by atoms with Crippen LogP contribution in [-0.4, -0.2) is 66.7 Å². The van der Waals surface area contributed by atoms with Crippen LogP contribution in [0.2, 0.25) is 0 Å². The molecule has 2 saturated heterocycles. The number of ether oxygens (including phenoxy) is 2. The number of benzene rings is 2. The Morgan fingerprint density at radius 3 is 2.59 bits per heavy atom. The van der Waals surface area contributed by atoms with Gasteiger partial charge in [0.1, 0.15) is 0 Å². The molecule has 6 heteroatoms. The maximum absolute atomic E-state index is 13.3. The number of rotatable bonds is 5. The molecule has 0 N–H and O–H groups in total. The molecule has 170 valence electrons. The SMILES string of the molecule is Cc1ccccc1CN1CCCC(C(=O)N2CCN(Cc3ccc4c(c3)OCO4)CC2)C1. The van der Waals surface area contributed by atoms with Crippen molar-refractivity contribution in [3.8, 4) is 11.5 Å². The minimum atomic E-state index is 0.133. The summed E-state index contributed by atoms with van der Waals surface area (Å²) >= 11 is 0. The van der Waals surface area contributed by atoms with Gasteiger partial charge in [-0.1, -0.05) is 30.3 Å². The van der Waals surface area contributed by atoms with Crippen molar-refractivity contribution < 1.29 is 14.3 Å². The maximum Gasteiger partial charge on any atom is 0.231 e. The Hall–Kier alpha value is -2.57. The van der Waals surface area contributed by atoms with Gasteiger partial charge in [-0.05, 0) is 55.1 Å². The number of hydrogen-bond donors (Lipinski definition) is 0. The lowest BCUT2D eigenvalue weighted by Crippen LogP contribution is -2.52. The number of carbonyl (C=O) groups excluding carboxylic acids is 1. The van der Waals surface area contributed by atoms with Crippen molar-refractivity contribution >= 4 is 5.91 Å². The summed E-state index contributed by atoms with van der Waals surface area (Å²) in [5, 5.41) is 0. The Balaban J connectivity index is 1.12. The summed E-state index contributed by atoms with van der Waals surface area (Å²) in [5.41, 5.74) is 3.94. The first-order valence-corrected chi connectivity index (χ1v) is 11.8. The van der Waals surface area contributed by atoms with Gasteiger partial charge in [-0.3, -0.25) is 14.6 Å². The van der Waals surface area contributed by atoms with E-state index < -0.39 is 0 Å². The van der Waals surface area contributed by atoms with Crippen molar-refractivity contribution in [3.05, 3.63) is 59.2 Å². The zero-order chi connectivity index (χ0) is 21.9. The molecular weight excluding hydrogens is 402 g/mol. The lowest BCUT2D eigenvalue weighted by atomic mass is 9.95. The molecule has 3 aliphatic heterocycles. The van der Waals surface area contributed by atoms with Crippen LogP contribution in [0.4, 0.5) is 0 Å². The number of likely N-dealkylation sites (tertiary alicyclic amines) is 1. The first-order valence-electron chi connectivity index (χ1n) is 11.8. The molecule has 32 heavy (non-hydrogen) atoms. The lowest BCUT2D eigenvalue weighted by molar-refractivity contribution is -0.139. The van der Waals surface area contributed by atoms with Crippen LogP contribution in [0.5, 0.6) is 11.5 Å². The highest BCUT2D eigenvalue weighted by Crippen LogP contribution is 2.33. The standard InChI is InChI=1S/C26H33N3O3/c1-20-5-2-3-6-22(20)17-28-10-4-7-23(18-28)26(30)29-13-11-27(12-14-29)16-21-8-9-24-25(15-21)32-19-31-24/h2-3,5-6,8-9,15,23H,4,7,10-14,16-19H2,1H3. The number of aryl methyl sites for hydroxylation is 1. The molecule has 0 radical (unpaired) electrons. The van der Waals surface area contributed by atoms with Crippen LogP contribution in [0.25, 0.3) is 0 Å². The Kier molecular flexibility index (Phi) is 6.32. The molecule has 1 atom stereocenters. The molecule has 1 unspecified atom stereocenters. The molecule has 1 amide bonds. The maximum atomic E-state index is 13.3. The van der Waals surface area contributed by atoms with Crippen molar-refractivity contribution in [2.24, 2.45) is 5.92 Å². The van der Waals surface area contributed by atoms with Crippen molar-refractivity contribution in [1.29, 1.82) is 0 Å². The number of carbonyl (C=O) groups is 1. The van der Waals surface area contributed by atoms with Crippen LogP contribution in [0.3, 0.4) is 0 Å². The average molecular weight is 436 g/mol. The molecule has 0 bridgehead atoms. The number of amides is 1. The van der Waals surface area contributed by atoms with E-state index in [0.717, 1.165) is 76.7 Å². The zero-order valence-electron chi connectivity index (χ0n) is 19.0. The van der Waals surface area contributed by atoms with E-state index in [1.54, 1.807) is 0 Å². The van der Waals surface area contributed by atoms with Gasteiger partial charge in [0.2, 0.25) is 12.7 Å². The van der Waals surface area contributed by atoms with Gasteiger partial charge in [-0.2, -0.15) is 0 Å². The van der Waals surface area contributed by atoms with Gasteiger partial charge >= 0.3 is 0 Å². The highest BCUT2D eigenvalue weighted by molar-refractivity contribution is 5.79. The third kappa shape index (κ3) is 4.76. The molecule has 3 aliphatic rings. The molecule has 2 fully saturated rings. The van der Waals surface area contributed by atoms with E-state index in [-0.39, 0.29) is 5.92 Å². The van der Waals surface area contributed by atoms with Crippen LogP contribution in [0.1, 0.15) is 29.5 Å². The Labute approximate surface area is 190 Å². The number of piperidine rings is 1. The van der Waals surface area contributed by atoms with Crippen molar-refractivity contribution in [2.45, 2.75) is 32.9 Å². The number of hydrogen-bond acceptors (Lipinski definition) is 5.